The molecule has 0 aromatic carbocycles. The Kier molecular flexibility index (Phi) is 5.32. The third-order valence-electron chi connectivity index (χ3n) is 2.79. The molecule has 2 aromatic rings. The molecule has 0 aliphatic heterocycles. The zero-order valence-corrected chi connectivity index (χ0v) is 12.7. The van der Waals surface area contributed by atoms with Crippen LogP contribution in [0.15, 0.2) is 24.7 Å². The van der Waals surface area contributed by atoms with E-state index < -0.39 is 5.82 Å². The van der Waals surface area contributed by atoms with Gasteiger partial charge in [0.25, 0.3) is 0 Å². The van der Waals surface area contributed by atoms with Crippen LogP contribution in [0.5, 0.6) is 0 Å². The highest BCUT2D eigenvalue weighted by atomic mass is 35.5. The normalized spacial score (nSPS) is 10.5. The van der Waals surface area contributed by atoms with Crippen molar-refractivity contribution in [2.75, 3.05) is 20.6 Å². The minimum atomic E-state index is -0.471. The quantitative estimate of drug-likeness (QED) is 0.642. The Morgan fingerprint density at radius 2 is 2.14 bits per heavy atom. The lowest BCUT2D eigenvalue weighted by Crippen LogP contribution is -2.15. The third kappa shape index (κ3) is 4.85. The van der Waals surface area contributed by atoms with Gasteiger partial charge >= 0.3 is 0 Å². The number of pyridine rings is 1. The van der Waals surface area contributed by atoms with Gasteiger partial charge < -0.3 is 4.90 Å². The standard InChI is InChI=1S/C15H16ClFN4/c1-20(2)6-3-7-21-11-12(9-19-21)4-5-13-10-18-15(16)8-14(13)17/h8-11H,3,6-7H2,1-2H3. The summed E-state index contributed by atoms with van der Waals surface area (Å²) >= 11 is 5.59. The molecule has 0 fully saturated rings. The minimum Gasteiger partial charge on any atom is -0.309 e. The largest absolute Gasteiger partial charge is 0.309 e. The van der Waals surface area contributed by atoms with Gasteiger partial charge in [-0.3, -0.25) is 4.68 Å². The Morgan fingerprint density at radius 3 is 2.86 bits per heavy atom. The summed E-state index contributed by atoms with van der Waals surface area (Å²) in [5.41, 5.74) is 0.967. The predicted octanol–water partition coefficient (Wildman–Crippen LogP) is 2.42. The van der Waals surface area contributed by atoms with E-state index in [0.717, 1.165) is 31.1 Å². The van der Waals surface area contributed by atoms with E-state index in [1.54, 1.807) is 6.20 Å². The lowest BCUT2D eigenvalue weighted by molar-refractivity contribution is 0.380. The summed E-state index contributed by atoms with van der Waals surface area (Å²) in [5, 5.41) is 4.34. The summed E-state index contributed by atoms with van der Waals surface area (Å²) in [6, 6.07) is 1.15. The SMILES string of the molecule is CN(C)CCCn1cc(C#Cc2cnc(Cl)cc2F)cn1. The number of hydrogen-bond donors (Lipinski definition) is 0. The van der Waals surface area contributed by atoms with E-state index in [0.29, 0.717) is 0 Å². The van der Waals surface area contributed by atoms with Crippen molar-refractivity contribution in [3.8, 4) is 11.8 Å². The Morgan fingerprint density at radius 1 is 1.33 bits per heavy atom. The van der Waals surface area contributed by atoms with E-state index in [1.807, 2.05) is 25.0 Å². The molecule has 0 aliphatic rings. The number of nitrogens with zero attached hydrogens (tertiary/aromatic N) is 4. The lowest BCUT2D eigenvalue weighted by Gasteiger charge is -2.08. The second-order valence-corrected chi connectivity index (χ2v) is 5.27. The zero-order valence-electron chi connectivity index (χ0n) is 12.0. The first kappa shape index (κ1) is 15.5. The number of aromatic nitrogens is 3. The third-order valence-corrected chi connectivity index (χ3v) is 2.99. The van der Waals surface area contributed by atoms with Crippen molar-refractivity contribution in [3.63, 3.8) is 0 Å². The summed E-state index contributed by atoms with van der Waals surface area (Å²) in [4.78, 5) is 5.94. The maximum atomic E-state index is 13.5. The van der Waals surface area contributed by atoms with E-state index in [9.17, 15) is 4.39 Å². The maximum absolute atomic E-state index is 13.5. The van der Waals surface area contributed by atoms with E-state index in [1.165, 1.54) is 6.20 Å². The van der Waals surface area contributed by atoms with Gasteiger partial charge in [0.2, 0.25) is 0 Å². The molecule has 0 bridgehead atoms. The fourth-order valence-electron chi connectivity index (χ4n) is 1.74. The van der Waals surface area contributed by atoms with E-state index >= 15 is 0 Å². The summed E-state index contributed by atoms with van der Waals surface area (Å²) in [6.45, 7) is 1.83. The first-order chi connectivity index (χ1) is 10.0. The first-order valence-corrected chi connectivity index (χ1v) is 6.92. The molecule has 6 heteroatoms. The number of hydrogen-bond acceptors (Lipinski definition) is 3. The number of halogens is 2. The van der Waals surface area contributed by atoms with Crippen molar-refractivity contribution in [2.24, 2.45) is 0 Å². The molecule has 0 atom stereocenters. The van der Waals surface area contributed by atoms with Gasteiger partial charge in [0.1, 0.15) is 11.0 Å². The summed E-state index contributed by atoms with van der Waals surface area (Å²) in [6.07, 6.45) is 5.86. The molecule has 2 heterocycles. The van der Waals surface area contributed by atoms with Crippen LogP contribution in [-0.2, 0) is 6.54 Å². The molecular formula is C15H16ClFN4. The average molecular weight is 307 g/mol. The molecule has 21 heavy (non-hydrogen) atoms. The van der Waals surface area contributed by atoms with Gasteiger partial charge in [-0.05, 0) is 27.1 Å². The first-order valence-electron chi connectivity index (χ1n) is 6.55. The van der Waals surface area contributed by atoms with Crippen LogP contribution in [0.4, 0.5) is 4.39 Å². The minimum absolute atomic E-state index is 0.117. The molecule has 0 aliphatic carbocycles. The van der Waals surface area contributed by atoms with Gasteiger partial charge in [0.05, 0.1) is 17.3 Å². The molecule has 110 valence electrons. The van der Waals surface area contributed by atoms with E-state index in [4.69, 9.17) is 11.6 Å². The summed E-state index contributed by atoms with van der Waals surface area (Å²) in [5.74, 6) is 5.14. The fraction of sp³-hybridized carbons (Fsp3) is 0.333. The van der Waals surface area contributed by atoms with Crippen molar-refractivity contribution in [1.82, 2.24) is 19.7 Å². The highest BCUT2D eigenvalue weighted by Crippen LogP contribution is 2.10. The highest BCUT2D eigenvalue weighted by Gasteiger charge is 2.01. The molecule has 0 spiro atoms. The van der Waals surface area contributed by atoms with Crippen LogP contribution in [0.1, 0.15) is 17.5 Å². The molecule has 4 nitrogen and oxygen atoms in total. The van der Waals surface area contributed by atoms with Crippen LogP contribution in [0, 0.1) is 17.7 Å². The van der Waals surface area contributed by atoms with Crippen LogP contribution in [0.2, 0.25) is 5.15 Å². The van der Waals surface area contributed by atoms with Crippen molar-refractivity contribution < 1.29 is 4.39 Å². The van der Waals surface area contributed by atoms with E-state index in [2.05, 4.69) is 26.8 Å². The second kappa shape index (κ2) is 7.21. The maximum Gasteiger partial charge on any atom is 0.143 e. The second-order valence-electron chi connectivity index (χ2n) is 4.89. The van der Waals surface area contributed by atoms with Gasteiger partial charge in [-0.1, -0.05) is 23.4 Å². The van der Waals surface area contributed by atoms with Crippen LogP contribution >= 0.6 is 11.6 Å². The molecule has 0 N–H and O–H groups in total. The van der Waals surface area contributed by atoms with Gasteiger partial charge in [-0.25, -0.2) is 9.37 Å². The summed E-state index contributed by atoms with van der Waals surface area (Å²) in [7, 11) is 4.07. The molecule has 0 saturated heterocycles. The smallest absolute Gasteiger partial charge is 0.143 e. The summed E-state index contributed by atoms with van der Waals surface area (Å²) < 4.78 is 15.4. The van der Waals surface area contributed by atoms with Crippen molar-refractivity contribution >= 4 is 11.6 Å². The molecule has 0 amide bonds. The molecule has 0 radical (unpaired) electrons. The van der Waals surface area contributed by atoms with E-state index in [-0.39, 0.29) is 10.7 Å². The van der Waals surface area contributed by atoms with Crippen molar-refractivity contribution in [1.29, 1.82) is 0 Å². The van der Waals surface area contributed by atoms with Crippen LogP contribution in [0.25, 0.3) is 0 Å². The Balaban J connectivity index is 2.01. The fourth-order valence-corrected chi connectivity index (χ4v) is 1.88. The topological polar surface area (TPSA) is 34.0 Å². The number of rotatable bonds is 4. The van der Waals surface area contributed by atoms with Crippen molar-refractivity contribution in [2.45, 2.75) is 13.0 Å². The Hall–Kier alpha value is -1.90. The van der Waals surface area contributed by atoms with Gasteiger partial charge in [-0.15, -0.1) is 0 Å². The number of aryl methyl sites for hydroxylation is 1. The van der Waals surface area contributed by atoms with Crippen LogP contribution < -0.4 is 0 Å². The van der Waals surface area contributed by atoms with Gasteiger partial charge in [0.15, 0.2) is 0 Å². The van der Waals surface area contributed by atoms with Gasteiger partial charge in [0, 0.05) is 25.0 Å². The zero-order chi connectivity index (χ0) is 15.2. The predicted molar refractivity (Wildman–Crippen MR) is 80.6 cm³/mol. The van der Waals surface area contributed by atoms with Crippen LogP contribution in [-0.4, -0.2) is 40.3 Å². The molecule has 0 unspecified atom stereocenters. The Bertz CT molecular complexity index is 670. The lowest BCUT2D eigenvalue weighted by atomic mass is 10.2. The average Bonchev–Trinajstić information content (AvgIpc) is 2.85. The molecule has 2 aromatic heterocycles. The molecular weight excluding hydrogens is 291 g/mol. The van der Waals surface area contributed by atoms with Crippen molar-refractivity contribution in [3.05, 3.63) is 46.8 Å². The monoisotopic (exact) mass is 306 g/mol. The highest BCUT2D eigenvalue weighted by molar-refractivity contribution is 6.29. The Labute approximate surface area is 128 Å². The van der Waals surface area contributed by atoms with Gasteiger partial charge in [-0.2, -0.15) is 5.10 Å². The molecule has 0 saturated carbocycles. The molecule has 2 rings (SSSR count). The van der Waals surface area contributed by atoms with Crippen LogP contribution in [0.3, 0.4) is 0 Å².